The molecule has 32 heavy (non-hydrogen) atoms. The van der Waals surface area contributed by atoms with E-state index in [4.69, 9.17) is 13.9 Å². The molecule has 6 heteroatoms. The van der Waals surface area contributed by atoms with Crippen molar-refractivity contribution in [1.82, 2.24) is 0 Å². The number of benzene rings is 2. The zero-order chi connectivity index (χ0) is 22.8. The van der Waals surface area contributed by atoms with Crippen molar-refractivity contribution in [3.05, 3.63) is 92.4 Å². The molecule has 162 valence electrons. The molecule has 0 saturated heterocycles. The first-order valence-electron chi connectivity index (χ1n) is 10.2. The molecule has 4 rings (SSSR count). The number of hydrogen-bond acceptors (Lipinski definition) is 5. The van der Waals surface area contributed by atoms with Crippen molar-refractivity contribution in [1.29, 1.82) is 0 Å². The Kier molecular flexibility index (Phi) is 6.15. The molecule has 0 saturated carbocycles. The van der Waals surface area contributed by atoms with Crippen molar-refractivity contribution in [2.75, 3.05) is 6.61 Å². The van der Waals surface area contributed by atoms with Gasteiger partial charge in [-0.25, -0.2) is 4.79 Å². The smallest absolute Gasteiger partial charge is 0.343 e. The number of aryl methyl sites for hydroxylation is 2. The summed E-state index contributed by atoms with van der Waals surface area (Å²) in [6.45, 7) is 5.97. The van der Waals surface area contributed by atoms with Gasteiger partial charge < -0.3 is 13.9 Å². The second-order valence-electron chi connectivity index (χ2n) is 7.29. The highest BCUT2D eigenvalue weighted by Gasteiger charge is 2.19. The molecule has 0 radical (unpaired) electrons. The number of fused-ring (bicyclic) bond motifs is 1. The van der Waals surface area contributed by atoms with Crippen LogP contribution in [-0.4, -0.2) is 12.6 Å². The van der Waals surface area contributed by atoms with E-state index in [0.717, 1.165) is 15.8 Å². The predicted octanol–water partition coefficient (Wildman–Crippen LogP) is 6.46. The van der Waals surface area contributed by atoms with Gasteiger partial charge in [0, 0.05) is 4.47 Å². The standard InChI is InChI=1S/C26H21BrO5/c1-4-30-21-10-8-17(9-11-21)19-13-22(28)24-15(2)31-16(3)25(24)23(14-19)32-26(29)18-6-5-7-20(27)12-18/h5-14H,4H2,1-3H3. The number of furan rings is 1. The lowest BCUT2D eigenvalue weighted by molar-refractivity contribution is 0.0737. The predicted molar refractivity (Wildman–Crippen MR) is 128 cm³/mol. The van der Waals surface area contributed by atoms with Crippen LogP contribution in [0.1, 0.15) is 28.8 Å². The number of esters is 1. The van der Waals surface area contributed by atoms with Gasteiger partial charge in [-0.05, 0) is 74.4 Å². The van der Waals surface area contributed by atoms with Gasteiger partial charge in [0.15, 0.2) is 5.43 Å². The Labute approximate surface area is 193 Å². The molecular weight excluding hydrogens is 472 g/mol. The maximum atomic E-state index is 13.1. The summed E-state index contributed by atoms with van der Waals surface area (Å²) in [4.78, 5) is 26.0. The molecule has 4 aromatic rings. The summed E-state index contributed by atoms with van der Waals surface area (Å²) >= 11 is 3.37. The van der Waals surface area contributed by atoms with Gasteiger partial charge in [-0.1, -0.05) is 34.1 Å². The van der Waals surface area contributed by atoms with Crippen molar-refractivity contribution >= 4 is 32.7 Å². The minimum Gasteiger partial charge on any atom is -0.494 e. The van der Waals surface area contributed by atoms with E-state index in [1.807, 2.05) is 37.3 Å². The Morgan fingerprint density at radius 2 is 1.66 bits per heavy atom. The van der Waals surface area contributed by atoms with E-state index in [-0.39, 0.29) is 11.2 Å². The van der Waals surface area contributed by atoms with Crippen LogP contribution in [0.2, 0.25) is 0 Å². The zero-order valence-electron chi connectivity index (χ0n) is 17.9. The number of carbonyl (C=O) groups excluding carboxylic acids is 1. The molecule has 0 aliphatic rings. The van der Waals surface area contributed by atoms with Gasteiger partial charge in [0.05, 0.1) is 22.9 Å². The first-order chi connectivity index (χ1) is 15.4. The van der Waals surface area contributed by atoms with Gasteiger partial charge >= 0.3 is 5.97 Å². The van der Waals surface area contributed by atoms with E-state index >= 15 is 0 Å². The summed E-state index contributed by atoms with van der Waals surface area (Å²) in [6.07, 6.45) is 0. The number of hydrogen-bond donors (Lipinski definition) is 0. The first kappa shape index (κ1) is 21.8. The summed E-state index contributed by atoms with van der Waals surface area (Å²) < 4.78 is 17.8. The molecule has 3 aromatic carbocycles. The maximum Gasteiger partial charge on any atom is 0.343 e. The van der Waals surface area contributed by atoms with Gasteiger partial charge in [-0.3, -0.25) is 4.79 Å². The average molecular weight is 493 g/mol. The van der Waals surface area contributed by atoms with Crippen molar-refractivity contribution in [3.63, 3.8) is 0 Å². The molecular formula is C26H21BrO5. The van der Waals surface area contributed by atoms with Gasteiger partial charge in [-0.2, -0.15) is 0 Å². The molecule has 0 aliphatic heterocycles. The Morgan fingerprint density at radius 3 is 2.34 bits per heavy atom. The molecule has 1 heterocycles. The largest absolute Gasteiger partial charge is 0.494 e. The van der Waals surface area contributed by atoms with Crippen LogP contribution in [0.3, 0.4) is 0 Å². The number of rotatable bonds is 5. The van der Waals surface area contributed by atoms with Gasteiger partial charge in [0.25, 0.3) is 0 Å². The van der Waals surface area contributed by atoms with Crippen LogP contribution in [0.4, 0.5) is 0 Å². The fraction of sp³-hybridized carbons (Fsp3) is 0.154. The van der Waals surface area contributed by atoms with Gasteiger partial charge in [0.2, 0.25) is 0 Å². The lowest BCUT2D eigenvalue weighted by Crippen LogP contribution is -2.08. The monoisotopic (exact) mass is 492 g/mol. The van der Waals surface area contributed by atoms with Crippen molar-refractivity contribution < 1.29 is 18.7 Å². The quantitative estimate of drug-likeness (QED) is 0.299. The van der Waals surface area contributed by atoms with Crippen LogP contribution in [-0.2, 0) is 0 Å². The van der Waals surface area contributed by atoms with Crippen molar-refractivity contribution in [2.45, 2.75) is 20.8 Å². The van der Waals surface area contributed by atoms with Crippen molar-refractivity contribution in [2.24, 2.45) is 0 Å². The van der Waals surface area contributed by atoms with Crippen LogP contribution < -0.4 is 14.9 Å². The minimum absolute atomic E-state index is 0.206. The first-order valence-corrected chi connectivity index (χ1v) is 11.0. The topological polar surface area (TPSA) is 65.7 Å². The number of halogens is 1. The lowest BCUT2D eigenvalue weighted by atomic mass is 10.1. The highest BCUT2D eigenvalue weighted by atomic mass is 79.9. The Morgan fingerprint density at radius 1 is 0.938 bits per heavy atom. The Bertz CT molecular complexity index is 1370. The highest BCUT2D eigenvalue weighted by Crippen LogP contribution is 2.34. The summed E-state index contributed by atoms with van der Waals surface area (Å²) in [5, 5.41) is 0.893. The van der Waals surface area contributed by atoms with Crippen LogP contribution in [0.5, 0.6) is 11.5 Å². The maximum absolute atomic E-state index is 13.1. The third-order valence-electron chi connectivity index (χ3n) is 5.09. The zero-order valence-corrected chi connectivity index (χ0v) is 19.5. The molecule has 0 unspecified atom stereocenters. The van der Waals surface area contributed by atoms with Crippen molar-refractivity contribution in [3.8, 4) is 22.6 Å². The van der Waals surface area contributed by atoms with Crippen LogP contribution in [0, 0.1) is 13.8 Å². The van der Waals surface area contributed by atoms with E-state index in [2.05, 4.69) is 15.9 Å². The van der Waals surface area contributed by atoms with Gasteiger partial charge in [-0.15, -0.1) is 0 Å². The lowest BCUT2D eigenvalue weighted by Gasteiger charge is -2.07. The molecule has 0 fully saturated rings. The molecule has 1 aromatic heterocycles. The average Bonchev–Trinajstić information content (AvgIpc) is 2.97. The fourth-order valence-corrected chi connectivity index (χ4v) is 4.08. The molecule has 0 amide bonds. The Balaban J connectivity index is 1.89. The normalized spacial score (nSPS) is 10.9. The second-order valence-corrected chi connectivity index (χ2v) is 8.21. The molecule has 0 N–H and O–H groups in total. The fourth-order valence-electron chi connectivity index (χ4n) is 3.68. The summed E-state index contributed by atoms with van der Waals surface area (Å²) in [5.74, 6) is 1.48. The number of carbonyl (C=O) groups is 1. The number of ether oxygens (including phenoxy) is 2. The summed E-state index contributed by atoms with van der Waals surface area (Å²) in [5.41, 5.74) is 1.62. The molecule has 0 spiro atoms. The van der Waals surface area contributed by atoms with Gasteiger partial charge in [0.1, 0.15) is 23.0 Å². The van der Waals surface area contributed by atoms with Crippen LogP contribution >= 0.6 is 15.9 Å². The van der Waals surface area contributed by atoms with Crippen LogP contribution in [0.15, 0.2) is 74.3 Å². The third-order valence-corrected chi connectivity index (χ3v) is 5.58. The van der Waals surface area contributed by atoms with E-state index in [1.54, 1.807) is 38.1 Å². The van der Waals surface area contributed by atoms with E-state index in [9.17, 15) is 9.59 Å². The summed E-state index contributed by atoms with van der Waals surface area (Å²) in [7, 11) is 0. The molecule has 5 nitrogen and oxygen atoms in total. The molecule has 0 bridgehead atoms. The van der Waals surface area contributed by atoms with E-state index in [0.29, 0.717) is 40.0 Å². The van der Waals surface area contributed by atoms with E-state index < -0.39 is 5.97 Å². The third kappa shape index (κ3) is 4.32. The van der Waals surface area contributed by atoms with Crippen LogP contribution in [0.25, 0.3) is 21.9 Å². The second kappa shape index (κ2) is 9.01. The highest BCUT2D eigenvalue weighted by molar-refractivity contribution is 9.10. The minimum atomic E-state index is -0.526. The summed E-state index contributed by atoms with van der Waals surface area (Å²) in [6, 6.07) is 17.6. The molecule has 0 atom stereocenters. The van der Waals surface area contributed by atoms with E-state index in [1.165, 1.54) is 6.07 Å². The molecule has 0 aliphatic carbocycles. The Hall–Kier alpha value is -3.38. The SMILES string of the molecule is CCOc1ccc(-c2cc(OC(=O)c3cccc(Br)c3)c3c(C)oc(C)c3c(=O)c2)cc1.